The minimum absolute atomic E-state index is 0. The van der Waals surface area contributed by atoms with Gasteiger partial charge in [-0.2, -0.15) is 0 Å². The van der Waals surface area contributed by atoms with Crippen molar-refractivity contribution in [2.24, 2.45) is 5.92 Å². The lowest BCUT2D eigenvalue weighted by Gasteiger charge is -2.29. The van der Waals surface area contributed by atoms with Gasteiger partial charge in [-0.25, -0.2) is 0 Å². The third-order valence-electron chi connectivity index (χ3n) is 5.19. The summed E-state index contributed by atoms with van der Waals surface area (Å²) in [7, 11) is 1.61. The van der Waals surface area contributed by atoms with Crippen molar-refractivity contribution in [2.75, 3.05) is 13.7 Å². The van der Waals surface area contributed by atoms with Gasteiger partial charge >= 0.3 is 0 Å². The molecular weight excluding hydrogens is 352 g/mol. The molecule has 0 aromatic heterocycles. The second kappa shape index (κ2) is 9.47. The molecule has 6 heteroatoms. The number of nitrogens with one attached hydrogen (secondary N) is 2. The highest BCUT2D eigenvalue weighted by molar-refractivity contribution is 5.95. The highest BCUT2D eigenvalue weighted by atomic mass is 35.5. The first-order chi connectivity index (χ1) is 12.0. The van der Waals surface area contributed by atoms with Gasteiger partial charge in [0.05, 0.1) is 13.7 Å². The van der Waals surface area contributed by atoms with E-state index in [4.69, 9.17) is 9.47 Å². The molecule has 0 radical (unpaired) electrons. The number of benzene rings is 1. The van der Waals surface area contributed by atoms with Gasteiger partial charge in [-0.15, -0.1) is 12.4 Å². The van der Waals surface area contributed by atoms with E-state index in [1.54, 1.807) is 13.2 Å². The molecule has 1 aromatic rings. The molecule has 1 aromatic carbocycles. The molecule has 146 valence electrons. The molecule has 3 rings (SSSR count). The van der Waals surface area contributed by atoms with Crippen LogP contribution in [0.5, 0.6) is 11.5 Å². The van der Waals surface area contributed by atoms with Crippen LogP contribution in [0.25, 0.3) is 0 Å². The average Bonchev–Trinajstić information content (AvgIpc) is 2.93. The van der Waals surface area contributed by atoms with E-state index in [0.29, 0.717) is 41.7 Å². The molecule has 2 atom stereocenters. The van der Waals surface area contributed by atoms with Crippen LogP contribution >= 0.6 is 12.4 Å². The highest BCUT2D eigenvalue weighted by Gasteiger charge is 2.34. The molecule has 2 N–H and O–H groups in total. The van der Waals surface area contributed by atoms with Crippen molar-refractivity contribution in [1.82, 2.24) is 10.6 Å². The first-order valence-corrected chi connectivity index (χ1v) is 9.43. The molecule has 2 aliphatic rings. The number of piperidine rings is 1. The molecule has 2 unspecified atom stereocenters. The lowest BCUT2D eigenvalue weighted by atomic mass is 9.99. The Bertz CT molecular complexity index is 597. The summed E-state index contributed by atoms with van der Waals surface area (Å²) in [5.74, 6) is 1.87. The van der Waals surface area contributed by atoms with Crippen LogP contribution in [0.15, 0.2) is 18.2 Å². The number of amides is 1. The molecule has 26 heavy (non-hydrogen) atoms. The number of ether oxygens (including phenoxy) is 2. The van der Waals surface area contributed by atoms with Gasteiger partial charge in [0, 0.05) is 23.7 Å². The van der Waals surface area contributed by atoms with E-state index >= 15 is 0 Å². The second-order valence-electron chi connectivity index (χ2n) is 7.68. The molecule has 2 bridgehead atoms. The molecule has 2 fully saturated rings. The Morgan fingerprint density at radius 3 is 2.54 bits per heavy atom. The fourth-order valence-electron chi connectivity index (χ4n) is 3.78. The predicted molar refractivity (Wildman–Crippen MR) is 106 cm³/mol. The number of methoxy groups -OCH3 is 1. The van der Waals surface area contributed by atoms with E-state index in [0.717, 1.165) is 19.3 Å². The standard InChI is InChI=1S/C20H30N2O3.ClH/c1-13(2)8-9-25-18-7-4-14(10-19(18)24-3)20(23)22-17-11-15-5-6-16(12-17)21-15;/h4,7,10,13,15-17,21H,5-6,8-9,11-12H2,1-3H3,(H,22,23);1H. The number of hydrogen-bond acceptors (Lipinski definition) is 4. The summed E-state index contributed by atoms with van der Waals surface area (Å²) < 4.78 is 11.2. The van der Waals surface area contributed by atoms with Crippen molar-refractivity contribution in [1.29, 1.82) is 0 Å². The first-order valence-electron chi connectivity index (χ1n) is 9.43. The highest BCUT2D eigenvalue weighted by Crippen LogP contribution is 2.30. The molecule has 1 amide bonds. The monoisotopic (exact) mass is 382 g/mol. The van der Waals surface area contributed by atoms with E-state index < -0.39 is 0 Å². The normalized spacial score (nSPS) is 24.1. The molecule has 5 nitrogen and oxygen atoms in total. The van der Waals surface area contributed by atoms with Crippen molar-refractivity contribution < 1.29 is 14.3 Å². The maximum Gasteiger partial charge on any atom is 0.251 e. The van der Waals surface area contributed by atoms with Crippen molar-refractivity contribution >= 4 is 18.3 Å². The Morgan fingerprint density at radius 2 is 1.92 bits per heavy atom. The van der Waals surface area contributed by atoms with Crippen molar-refractivity contribution in [3.8, 4) is 11.5 Å². The molecule has 2 aliphatic heterocycles. The number of carbonyl (C=O) groups is 1. The maximum absolute atomic E-state index is 12.6. The van der Waals surface area contributed by atoms with Gasteiger partial charge < -0.3 is 20.1 Å². The Balaban J connectivity index is 0.00000243. The molecular formula is C20H31ClN2O3. The van der Waals surface area contributed by atoms with Gasteiger partial charge in [0.25, 0.3) is 5.91 Å². The van der Waals surface area contributed by atoms with Crippen molar-refractivity contribution in [3.05, 3.63) is 23.8 Å². The van der Waals surface area contributed by atoms with Crippen LogP contribution in [0.1, 0.15) is 56.3 Å². The fraction of sp³-hybridized carbons (Fsp3) is 0.650. The van der Waals surface area contributed by atoms with Gasteiger partial charge in [0.15, 0.2) is 11.5 Å². The summed E-state index contributed by atoms with van der Waals surface area (Å²) in [5.41, 5.74) is 0.624. The van der Waals surface area contributed by atoms with Crippen LogP contribution in [0.3, 0.4) is 0 Å². The number of fused-ring (bicyclic) bond motifs is 2. The lowest BCUT2D eigenvalue weighted by Crippen LogP contribution is -2.48. The number of rotatable bonds is 7. The summed E-state index contributed by atoms with van der Waals surface area (Å²) in [5, 5.41) is 6.79. The van der Waals surface area contributed by atoms with Crippen LogP contribution in [0, 0.1) is 5.92 Å². The lowest BCUT2D eigenvalue weighted by molar-refractivity contribution is 0.0923. The zero-order valence-electron chi connectivity index (χ0n) is 15.9. The van der Waals surface area contributed by atoms with E-state index in [1.165, 1.54) is 12.8 Å². The van der Waals surface area contributed by atoms with Gasteiger partial charge in [-0.05, 0) is 56.2 Å². The predicted octanol–water partition coefficient (Wildman–Crippen LogP) is 3.55. The van der Waals surface area contributed by atoms with E-state index in [-0.39, 0.29) is 24.4 Å². The van der Waals surface area contributed by atoms with E-state index in [1.807, 2.05) is 12.1 Å². The average molecular weight is 383 g/mol. The van der Waals surface area contributed by atoms with Gasteiger partial charge in [0.2, 0.25) is 0 Å². The summed E-state index contributed by atoms with van der Waals surface area (Å²) in [6, 6.07) is 6.82. The Labute approximate surface area is 162 Å². The quantitative estimate of drug-likeness (QED) is 0.757. The van der Waals surface area contributed by atoms with Gasteiger partial charge in [-0.1, -0.05) is 13.8 Å². The first kappa shape index (κ1) is 20.8. The van der Waals surface area contributed by atoms with Crippen molar-refractivity contribution in [2.45, 2.75) is 64.1 Å². The Kier molecular flexibility index (Phi) is 7.59. The number of hydrogen-bond donors (Lipinski definition) is 2. The molecule has 2 saturated heterocycles. The second-order valence-corrected chi connectivity index (χ2v) is 7.68. The van der Waals surface area contributed by atoms with Crippen LogP contribution in [0.2, 0.25) is 0 Å². The fourth-order valence-corrected chi connectivity index (χ4v) is 3.78. The Hall–Kier alpha value is -1.46. The number of carbonyl (C=O) groups excluding carboxylic acids is 1. The summed E-state index contributed by atoms with van der Waals surface area (Å²) in [4.78, 5) is 12.6. The minimum Gasteiger partial charge on any atom is -0.493 e. The van der Waals surface area contributed by atoms with Crippen molar-refractivity contribution in [3.63, 3.8) is 0 Å². The summed E-state index contributed by atoms with van der Waals surface area (Å²) in [6.45, 7) is 4.99. The third-order valence-corrected chi connectivity index (χ3v) is 5.19. The molecule has 0 saturated carbocycles. The third kappa shape index (κ3) is 5.27. The zero-order valence-corrected chi connectivity index (χ0v) is 16.7. The van der Waals surface area contributed by atoms with Crippen LogP contribution in [-0.2, 0) is 0 Å². The summed E-state index contributed by atoms with van der Waals surface area (Å²) >= 11 is 0. The summed E-state index contributed by atoms with van der Waals surface area (Å²) in [6.07, 6.45) is 5.50. The Morgan fingerprint density at radius 1 is 1.23 bits per heavy atom. The van der Waals surface area contributed by atoms with Crippen LogP contribution in [0.4, 0.5) is 0 Å². The molecule has 0 spiro atoms. The molecule has 0 aliphatic carbocycles. The van der Waals surface area contributed by atoms with Crippen LogP contribution < -0.4 is 20.1 Å². The van der Waals surface area contributed by atoms with Gasteiger partial charge in [-0.3, -0.25) is 4.79 Å². The van der Waals surface area contributed by atoms with Gasteiger partial charge in [0.1, 0.15) is 0 Å². The zero-order chi connectivity index (χ0) is 17.8. The largest absolute Gasteiger partial charge is 0.493 e. The topological polar surface area (TPSA) is 59.6 Å². The molecule has 2 heterocycles. The SMILES string of the molecule is COc1cc(C(=O)NC2CC3CCC(C2)N3)ccc1OCCC(C)C.Cl. The number of halogens is 1. The van der Waals surface area contributed by atoms with E-state index in [9.17, 15) is 4.79 Å². The van der Waals surface area contributed by atoms with E-state index in [2.05, 4.69) is 24.5 Å². The maximum atomic E-state index is 12.6. The minimum atomic E-state index is -0.0293. The smallest absolute Gasteiger partial charge is 0.251 e. The van der Waals surface area contributed by atoms with Crippen LogP contribution in [-0.4, -0.2) is 37.7 Å².